The smallest absolute Gasteiger partial charge is 0.255 e. The van der Waals surface area contributed by atoms with Crippen LogP contribution in [0, 0.1) is 18.8 Å². The number of hydrogen-bond acceptors (Lipinski definition) is 2. The molecule has 0 aliphatic heterocycles. The first-order valence-corrected chi connectivity index (χ1v) is 6.84. The van der Waals surface area contributed by atoms with Crippen LogP contribution in [0.1, 0.15) is 21.5 Å². The van der Waals surface area contributed by atoms with E-state index in [1.807, 2.05) is 19.1 Å². The minimum absolute atomic E-state index is 0.201. The molecule has 4 heteroatoms. The van der Waals surface area contributed by atoms with Crippen LogP contribution >= 0.6 is 11.6 Å². The van der Waals surface area contributed by atoms with E-state index in [0.717, 1.165) is 5.56 Å². The second-order valence-electron chi connectivity index (χ2n) is 4.52. The van der Waals surface area contributed by atoms with Gasteiger partial charge in [-0.2, -0.15) is 0 Å². The van der Waals surface area contributed by atoms with Crippen molar-refractivity contribution in [1.29, 1.82) is 0 Å². The molecule has 0 aliphatic rings. The number of aryl methyl sites for hydroxylation is 1. The number of halogens is 1. The molecule has 2 aromatic rings. The zero-order valence-corrected chi connectivity index (χ0v) is 12.4. The van der Waals surface area contributed by atoms with Gasteiger partial charge in [-0.1, -0.05) is 41.1 Å². The van der Waals surface area contributed by atoms with Crippen molar-refractivity contribution in [2.75, 3.05) is 11.9 Å². The first kappa shape index (κ1) is 15.1. The molecule has 106 valence electrons. The highest BCUT2D eigenvalue weighted by molar-refractivity contribution is 6.31. The maximum Gasteiger partial charge on any atom is 0.255 e. The molecule has 0 aliphatic carbocycles. The van der Waals surface area contributed by atoms with Gasteiger partial charge in [0.1, 0.15) is 0 Å². The SMILES string of the molecule is Cc1ccc(C(=O)Nc2cc(Cl)ccc2C#CCN)cc1. The predicted molar refractivity (Wildman–Crippen MR) is 86.5 cm³/mol. The second kappa shape index (κ2) is 6.94. The molecule has 0 aromatic heterocycles. The highest BCUT2D eigenvalue weighted by atomic mass is 35.5. The second-order valence-corrected chi connectivity index (χ2v) is 4.95. The Morgan fingerprint density at radius 2 is 1.95 bits per heavy atom. The number of nitrogens with one attached hydrogen (secondary N) is 1. The van der Waals surface area contributed by atoms with Gasteiger partial charge in [-0.15, -0.1) is 0 Å². The molecule has 2 aromatic carbocycles. The summed E-state index contributed by atoms with van der Waals surface area (Å²) in [5, 5.41) is 3.36. The van der Waals surface area contributed by atoms with Gasteiger partial charge in [0.05, 0.1) is 12.2 Å². The van der Waals surface area contributed by atoms with Crippen molar-refractivity contribution < 1.29 is 4.79 Å². The van der Waals surface area contributed by atoms with Crippen LogP contribution in [0.3, 0.4) is 0 Å². The van der Waals surface area contributed by atoms with Gasteiger partial charge in [0.2, 0.25) is 0 Å². The summed E-state index contributed by atoms with van der Waals surface area (Å²) < 4.78 is 0. The lowest BCUT2D eigenvalue weighted by atomic mass is 10.1. The van der Waals surface area contributed by atoms with Crippen LogP contribution in [0.15, 0.2) is 42.5 Å². The van der Waals surface area contributed by atoms with Crippen molar-refractivity contribution in [2.45, 2.75) is 6.92 Å². The third kappa shape index (κ3) is 4.09. The summed E-state index contributed by atoms with van der Waals surface area (Å²) in [5.41, 5.74) is 8.32. The molecule has 0 bridgehead atoms. The third-order valence-electron chi connectivity index (χ3n) is 2.87. The molecule has 3 N–H and O–H groups in total. The Kier molecular flexibility index (Phi) is 4.99. The van der Waals surface area contributed by atoms with Crippen LogP contribution in [-0.4, -0.2) is 12.5 Å². The molecule has 3 nitrogen and oxygen atoms in total. The topological polar surface area (TPSA) is 55.1 Å². The monoisotopic (exact) mass is 298 g/mol. The number of anilines is 1. The number of hydrogen-bond donors (Lipinski definition) is 2. The van der Waals surface area contributed by atoms with E-state index < -0.39 is 0 Å². The lowest BCUT2D eigenvalue weighted by molar-refractivity contribution is 0.102. The Morgan fingerprint density at radius 1 is 1.24 bits per heavy atom. The Morgan fingerprint density at radius 3 is 2.62 bits per heavy atom. The maximum atomic E-state index is 12.2. The predicted octanol–water partition coefficient (Wildman–Crippen LogP) is 3.21. The summed E-state index contributed by atoms with van der Waals surface area (Å²) in [6, 6.07) is 12.5. The van der Waals surface area contributed by atoms with E-state index in [1.165, 1.54) is 0 Å². The lowest BCUT2D eigenvalue weighted by Gasteiger charge is -2.08. The standard InChI is InChI=1S/C17H15ClN2O/c1-12-4-6-14(7-5-12)17(21)20-16-11-15(18)9-8-13(16)3-2-10-19/h4-9,11H,10,19H2,1H3,(H,20,21). The minimum Gasteiger partial charge on any atom is -0.321 e. The van der Waals surface area contributed by atoms with Gasteiger partial charge in [-0.25, -0.2) is 0 Å². The van der Waals surface area contributed by atoms with Crippen LogP contribution in [0.25, 0.3) is 0 Å². The normalized spacial score (nSPS) is 9.67. The van der Waals surface area contributed by atoms with Crippen molar-refractivity contribution in [2.24, 2.45) is 5.73 Å². The molecule has 0 fully saturated rings. The molecule has 1 amide bonds. The number of carbonyl (C=O) groups is 1. The Bertz CT molecular complexity index is 712. The van der Waals surface area contributed by atoms with Crippen LogP contribution in [-0.2, 0) is 0 Å². The Labute approximate surface area is 129 Å². The average molecular weight is 299 g/mol. The van der Waals surface area contributed by atoms with Gasteiger partial charge in [-0.3, -0.25) is 4.79 Å². The number of rotatable bonds is 2. The van der Waals surface area contributed by atoms with E-state index in [9.17, 15) is 4.79 Å². The number of amides is 1. The van der Waals surface area contributed by atoms with E-state index in [2.05, 4.69) is 17.2 Å². The van der Waals surface area contributed by atoms with E-state index in [0.29, 0.717) is 21.8 Å². The molecule has 0 saturated heterocycles. The van der Waals surface area contributed by atoms with Crippen molar-refractivity contribution in [3.63, 3.8) is 0 Å². The van der Waals surface area contributed by atoms with Gasteiger partial charge in [0, 0.05) is 16.1 Å². The first-order valence-electron chi connectivity index (χ1n) is 6.46. The average Bonchev–Trinajstić information content (AvgIpc) is 2.47. The fourth-order valence-electron chi connectivity index (χ4n) is 1.77. The molecule has 0 radical (unpaired) electrons. The Balaban J connectivity index is 2.27. The molecule has 0 saturated carbocycles. The minimum atomic E-state index is -0.201. The van der Waals surface area contributed by atoms with E-state index in [4.69, 9.17) is 17.3 Å². The number of nitrogens with two attached hydrogens (primary N) is 1. The fraction of sp³-hybridized carbons (Fsp3) is 0.118. The third-order valence-corrected chi connectivity index (χ3v) is 3.10. The zero-order valence-electron chi connectivity index (χ0n) is 11.6. The molecule has 21 heavy (non-hydrogen) atoms. The zero-order chi connectivity index (χ0) is 15.2. The summed E-state index contributed by atoms with van der Waals surface area (Å²) >= 11 is 5.98. The maximum absolute atomic E-state index is 12.2. The van der Waals surface area contributed by atoms with Crippen molar-refractivity contribution in [3.05, 3.63) is 64.2 Å². The van der Waals surface area contributed by atoms with Crippen molar-refractivity contribution >= 4 is 23.2 Å². The van der Waals surface area contributed by atoms with Gasteiger partial charge >= 0.3 is 0 Å². The van der Waals surface area contributed by atoms with E-state index in [-0.39, 0.29) is 12.5 Å². The summed E-state index contributed by atoms with van der Waals surface area (Å²) in [7, 11) is 0. The van der Waals surface area contributed by atoms with Crippen molar-refractivity contribution in [1.82, 2.24) is 0 Å². The van der Waals surface area contributed by atoms with E-state index >= 15 is 0 Å². The largest absolute Gasteiger partial charge is 0.321 e. The fourth-order valence-corrected chi connectivity index (χ4v) is 1.95. The quantitative estimate of drug-likeness (QED) is 0.837. The highest BCUT2D eigenvalue weighted by Crippen LogP contribution is 2.21. The molecule has 0 heterocycles. The van der Waals surface area contributed by atoms with Crippen LogP contribution in [0.2, 0.25) is 5.02 Å². The summed E-state index contributed by atoms with van der Waals surface area (Å²) in [5.74, 6) is 5.49. The molecule has 0 atom stereocenters. The Hall–Kier alpha value is -2.28. The molecule has 2 rings (SSSR count). The summed E-state index contributed by atoms with van der Waals surface area (Å²) in [4.78, 5) is 12.2. The van der Waals surface area contributed by atoms with Gasteiger partial charge in [0.25, 0.3) is 5.91 Å². The molecular weight excluding hydrogens is 284 g/mol. The van der Waals surface area contributed by atoms with Crippen molar-refractivity contribution in [3.8, 4) is 11.8 Å². The molecular formula is C17H15ClN2O. The molecule has 0 spiro atoms. The first-order chi connectivity index (χ1) is 10.1. The lowest BCUT2D eigenvalue weighted by Crippen LogP contribution is -2.12. The summed E-state index contributed by atoms with van der Waals surface area (Å²) in [6.45, 7) is 2.23. The van der Waals surface area contributed by atoms with E-state index in [1.54, 1.807) is 30.3 Å². The van der Waals surface area contributed by atoms with Crippen LogP contribution in [0.5, 0.6) is 0 Å². The van der Waals surface area contributed by atoms with Crippen LogP contribution in [0.4, 0.5) is 5.69 Å². The summed E-state index contributed by atoms with van der Waals surface area (Å²) in [6.07, 6.45) is 0. The van der Waals surface area contributed by atoms with Gasteiger partial charge < -0.3 is 11.1 Å². The number of benzene rings is 2. The van der Waals surface area contributed by atoms with Gasteiger partial charge in [-0.05, 0) is 37.3 Å². The highest BCUT2D eigenvalue weighted by Gasteiger charge is 2.08. The van der Waals surface area contributed by atoms with Crippen LogP contribution < -0.4 is 11.1 Å². The number of carbonyl (C=O) groups excluding carboxylic acids is 1. The molecule has 0 unspecified atom stereocenters. The van der Waals surface area contributed by atoms with Gasteiger partial charge in [0.15, 0.2) is 0 Å².